The first-order valence-electron chi connectivity index (χ1n) is 9.66. The van der Waals surface area contributed by atoms with Crippen LogP contribution in [0.5, 0.6) is 11.5 Å². The Morgan fingerprint density at radius 1 is 1.03 bits per heavy atom. The lowest BCUT2D eigenvalue weighted by molar-refractivity contribution is 0.0696. The fourth-order valence-electron chi connectivity index (χ4n) is 3.10. The molecular weight excluding hydrogens is 464 g/mol. The van der Waals surface area contributed by atoms with E-state index in [2.05, 4.69) is 4.98 Å². The molecular formula is C23H18N2O6S2. The first-order chi connectivity index (χ1) is 15.7. The second kappa shape index (κ2) is 9.08. The Morgan fingerprint density at radius 3 is 2.42 bits per heavy atom. The molecule has 0 unspecified atom stereocenters. The summed E-state index contributed by atoms with van der Waals surface area (Å²) in [5, 5.41) is 9.12. The molecule has 0 aliphatic carbocycles. The highest BCUT2D eigenvalue weighted by Gasteiger charge is 2.18. The third-order valence-electron chi connectivity index (χ3n) is 4.75. The van der Waals surface area contributed by atoms with Gasteiger partial charge < -0.3 is 9.84 Å². The molecule has 33 heavy (non-hydrogen) atoms. The topological polar surface area (TPSA) is 116 Å². The van der Waals surface area contributed by atoms with Gasteiger partial charge in [0.05, 0.1) is 22.3 Å². The number of ketones is 1. The van der Waals surface area contributed by atoms with Crippen molar-refractivity contribution in [2.24, 2.45) is 0 Å². The fourth-order valence-corrected chi connectivity index (χ4v) is 4.75. The number of benzene rings is 3. The maximum absolute atomic E-state index is 12.6. The van der Waals surface area contributed by atoms with Gasteiger partial charge in [0.15, 0.2) is 15.6 Å². The number of Topliss-reactive ketones (excluding diaryl/α,β-unsaturated/α-hetero) is 1. The Bertz CT molecular complexity index is 1460. The van der Waals surface area contributed by atoms with Crippen LogP contribution in [0.3, 0.4) is 0 Å². The van der Waals surface area contributed by atoms with Crippen LogP contribution in [0.15, 0.2) is 78.0 Å². The summed E-state index contributed by atoms with van der Waals surface area (Å²) >= 11 is 1.33. The summed E-state index contributed by atoms with van der Waals surface area (Å²) in [4.78, 5) is 27.8. The predicted octanol–water partition coefficient (Wildman–Crippen LogP) is 4.31. The third kappa shape index (κ3) is 5.07. The van der Waals surface area contributed by atoms with Crippen LogP contribution in [0.2, 0.25) is 0 Å². The van der Waals surface area contributed by atoms with Gasteiger partial charge in [0.25, 0.3) is 0 Å². The summed E-state index contributed by atoms with van der Waals surface area (Å²) in [6.45, 7) is 0. The molecule has 0 spiro atoms. The molecule has 1 N–H and O–H groups in total. The van der Waals surface area contributed by atoms with Gasteiger partial charge in [0.1, 0.15) is 22.7 Å². The first kappa shape index (κ1) is 22.6. The number of hydrogen-bond donors (Lipinski definition) is 1. The van der Waals surface area contributed by atoms with Crippen LogP contribution in [0.25, 0.3) is 11.0 Å². The lowest BCUT2D eigenvalue weighted by atomic mass is 10.1. The van der Waals surface area contributed by atoms with E-state index in [1.807, 2.05) is 28.2 Å². The van der Waals surface area contributed by atoms with Gasteiger partial charge in [-0.2, -0.15) is 0 Å². The van der Waals surface area contributed by atoms with Crippen LogP contribution >= 0.6 is 11.9 Å². The summed E-state index contributed by atoms with van der Waals surface area (Å²) in [7, 11) is -3.73. The molecule has 1 heterocycles. The van der Waals surface area contributed by atoms with Crippen LogP contribution in [-0.4, -0.2) is 46.2 Å². The molecule has 4 aromatic rings. The smallest absolute Gasteiger partial charge is 0.335 e. The first-order valence-corrected chi connectivity index (χ1v) is 12.5. The second-order valence-corrected chi connectivity index (χ2v) is 10.0. The molecule has 0 fully saturated rings. The predicted molar refractivity (Wildman–Crippen MR) is 125 cm³/mol. The number of rotatable bonds is 8. The zero-order chi connectivity index (χ0) is 23.6. The molecule has 10 heteroatoms. The zero-order valence-corrected chi connectivity index (χ0v) is 19.0. The van der Waals surface area contributed by atoms with Gasteiger partial charge >= 0.3 is 5.97 Å². The van der Waals surface area contributed by atoms with Gasteiger partial charge in [-0.1, -0.05) is 12.1 Å². The standard InChI is InChI=1S/C23H18N2O6S2/c1-33(29,30)22-12-16(23(27)28)8-11-21(22)31-17-9-6-15(7-10-17)20(26)13-32-25-14-24-18-4-2-3-5-19(18)25/h2-12,14H,13H2,1H3,(H,27,28). The lowest BCUT2D eigenvalue weighted by Crippen LogP contribution is -2.05. The molecule has 0 atom stereocenters. The Hall–Kier alpha value is -3.63. The van der Waals surface area contributed by atoms with Crippen molar-refractivity contribution < 1.29 is 27.9 Å². The van der Waals surface area contributed by atoms with Gasteiger partial charge in [-0.05, 0) is 66.5 Å². The van der Waals surface area contributed by atoms with E-state index in [0.717, 1.165) is 23.4 Å². The van der Waals surface area contributed by atoms with Crippen molar-refractivity contribution in [1.29, 1.82) is 0 Å². The van der Waals surface area contributed by atoms with Crippen molar-refractivity contribution in [2.45, 2.75) is 4.90 Å². The zero-order valence-electron chi connectivity index (χ0n) is 17.3. The molecule has 0 aliphatic heterocycles. The molecule has 0 radical (unpaired) electrons. The van der Waals surface area contributed by atoms with Gasteiger partial charge in [-0.25, -0.2) is 18.2 Å². The number of sulfone groups is 1. The minimum Gasteiger partial charge on any atom is -0.478 e. The highest BCUT2D eigenvalue weighted by molar-refractivity contribution is 7.98. The number of carbonyl (C=O) groups excluding carboxylic acids is 1. The minimum absolute atomic E-state index is 0.00381. The van der Waals surface area contributed by atoms with E-state index in [1.54, 1.807) is 30.6 Å². The molecule has 0 bridgehead atoms. The number of nitrogens with zero attached hydrogens (tertiary/aromatic N) is 2. The Balaban J connectivity index is 1.47. The molecule has 8 nitrogen and oxygen atoms in total. The normalized spacial score (nSPS) is 11.4. The summed E-state index contributed by atoms with van der Waals surface area (Å²) in [5.74, 6) is -0.810. The number of para-hydroxylation sites is 2. The second-order valence-electron chi connectivity index (χ2n) is 7.12. The monoisotopic (exact) mass is 482 g/mol. The number of carboxylic acids is 1. The van der Waals surface area contributed by atoms with Crippen LogP contribution in [0, 0.1) is 0 Å². The highest BCUT2D eigenvalue weighted by Crippen LogP contribution is 2.30. The van der Waals surface area contributed by atoms with E-state index in [4.69, 9.17) is 9.84 Å². The van der Waals surface area contributed by atoms with Crippen molar-refractivity contribution in [1.82, 2.24) is 8.96 Å². The molecule has 3 aromatic carbocycles. The van der Waals surface area contributed by atoms with Crippen LogP contribution in [0.1, 0.15) is 20.7 Å². The summed E-state index contributed by atoms with van der Waals surface area (Å²) in [6.07, 6.45) is 2.65. The average molecular weight is 483 g/mol. The van der Waals surface area contributed by atoms with E-state index in [9.17, 15) is 18.0 Å². The number of carboxylic acid groups (broad SMARTS) is 1. The van der Waals surface area contributed by atoms with E-state index in [-0.39, 0.29) is 27.7 Å². The Labute approximate surface area is 193 Å². The quantitative estimate of drug-likeness (QED) is 0.370. The van der Waals surface area contributed by atoms with Gasteiger partial charge in [-0.15, -0.1) is 0 Å². The number of carbonyl (C=O) groups is 2. The number of imidazole rings is 1. The molecule has 0 amide bonds. The van der Waals surface area contributed by atoms with Crippen molar-refractivity contribution in [3.63, 3.8) is 0 Å². The fraction of sp³-hybridized carbons (Fsp3) is 0.0870. The van der Waals surface area contributed by atoms with Gasteiger partial charge in [0, 0.05) is 11.8 Å². The van der Waals surface area contributed by atoms with E-state index in [0.29, 0.717) is 11.3 Å². The molecule has 4 rings (SSSR count). The lowest BCUT2D eigenvalue weighted by Gasteiger charge is -2.11. The van der Waals surface area contributed by atoms with Crippen molar-refractivity contribution in [3.05, 3.63) is 84.2 Å². The van der Waals surface area contributed by atoms with Crippen LogP contribution in [-0.2, 0) is 9.84 Å². The maximum atomic E-state index is 12.6. The number of aromatic nitrogens is 2. The number of ether oxygens (including phenoxy) is 1. The van der Waals surface area contributed by atoms with Gasteiger partial charge in [0.2, 0.25) is 0 Å². The van der Waals surface area contributed by atoms with E-state index in [1.165, 1.54) is 24.1 Å². The Morgan fingerprint density at radius 2 is 1.73 bits per heavy atom. The Kier molecular flexibility index (Phi) is 6.21. The summed E-state index contributed by atoms with van der Waals surface area (Å²) < 4.78 is 31.7. The minimum atomic E-state index is -3.73. The SMILES string of the molecule is CS(=O)(=O)c1cc(C(=O)O)ccc1Oc1ccc(C(=O)CSn2cnc3ccccc32)cc1. The number of fused-ring (bicyclic) bond motifs is 1. The summed E-state index contributed by atoms with van der Waals surface area (Å²) in [6, 6.07) is 17.6. The maximum Gasteiger partial charge on any atom is 0.335 e. The third-order valence-corrected chi connectivity index (χ3v) is 6.83. The average Bonchev–Trinajstić information content (AvgIpc) is 3.20. The molecule has 1 aromatic heterocycles. The van der Waals surface area contributed by atoms with Crippen molar-refractivity contribution in [3.8, 4) is 11.5 Å². The molecule has 168 valence electrons. The molecule has 0 saturated carbocycles. The largest absolute Gasteiger partial charge is 0.478 e. The summed E-state index contributed by atoms with van der Waals surface area (Å²) in [5.41, 5.74) is 2.09. The highest BCUT2D eigenvalue weighted by atomic mass is 32.2. The van der Waals surface area contributed by atoms with Crippen molar-refractivity contribution in [2.75, 3.05) is 12.0 Å². The van der Waals surface area contributed by atoms with E-state index >= 15 is 0 Å². The number of aromatic carboxylic acids is 1. The van der Waals surface area contributed by atoms with Crippen molar-refractivity contribution >= 4 is 44.6 Å². The van der Waals surface area contributed by atoms with Crippen LogP contribution < -0.4 is 4.74 Å². The molecule has 0 saturated heterocycles. The number of hydrogen-bond acceptors (Lipinski definition) is 7. The van der Waals surface area contributed by atoms with Gasteiger partial charge in [-0.3, -0.25) is 8.77 Å². The van der Waals surface area contributed by atoms with Crippen LogP contribution in [0.4, 0.5) is 0 Å². The molecule has 0 aliphatic rings. The van der Waals surface area contributed by atoms with E-state index < -0.39 is 15.8 Å².